The Kier molecular flexibility index (Phi) is 3.44. The van der Waals surface area contributed by atoms with Crippen LogP contribution in [0.25, 0.3) is 5.78 Å². The third-order valence-corrected chi connectivity index (χ3v) is 4.75. The molecule has 0 saturated heterocycles. The lowest BCUT2D eigenvalue weighted by atomic mass is 10.1. The molecule has 1 N–H and O–H groups in total. The van der Waals surface area contributed by atoms with Gasteiger partial charge in [0.25, 0.3) is 11.7 Å². The molecule has 0 aromatic carbocycles. The van der Waals surface area contributed by atoms with Gasteiger partial charge in [-0.1, -0.05) is 13.8 Å². The minimum Gasteiger partial charge on any atom is -0.343 e. The Balaban J connectivity index is 1.90. The number of aromatic nitrogens is 4. The van der Waals surface area contributed by atoms with Crippen molar-refractivity contribution >= 4 is 21.5 Å². The van der Waals surface area contributed by atoms with Gasteiger partial charge in [-0.3, -0.25) is 4.79 Å². The zero-order valence-electron chi connectivity index (χ0n) is 12.1. The van der Waals surface area contributed by atoms with Gasteiger partial charge in [-0.2, -0.15) is 10.1 Å². The predicted octanol–water partition coefficient (Wildman–Crippen LogP) is 0.288. The second-order valence-corrected chi connectivity index (χ2v) is 7.36. The molecule has 0 bridgehead atoms. The van der Waals surface area contributed by atoms with Crippen LogP contribution in [-0.4, -0.2) is 45.7 Å². The summed E-state index contributed by atoms with van der Waals surface area (Å²) < 4.78 is 24.3. The molecular weight excluding hydrogens is 306 g/mol. The molecule has 0 saturated carbocycles. The minimum absolute atomic E-state index is 0.122. The molecule has 1 aliphatic heterocycles. The summed E-state index contributed by atoms with van der Waals surface area (Å²) in [7, 11) is -3.21. The lowest BCUT2D eigenvalue weighted by Gasteiger charge is -2.12. The Morgan fingerprint density at radius 1 is 1.45 bits per heavy atom. The smallest absolute Gasteiger partial charge is 0.270 e. The maximum absolute atomic E-state index is 12.3. The molecule has 0 radical (unpaired) electrons. The molecule has 0 spiro atoms. The van der Waals surface area contributed by atoms with Crippen molar-refractivity contribution in [2.24, 2.45) is 0 Å². The Bertz CT molecular complexity index is 869. The Hall–Kier alpha value is -2.29. The van der Waals surface area contributed by atoms with Gasteiger partial charge < -0.3 is 5.32 Å². The van der Waals surface area contributed by atoms with Gasteiger partial charge >= 0.3 is 0 Å². The highest BCUT2D eigenvalue weighted by Gasteiger charge is 2.24. The normalized spacial score (nSPS) is 19.9. The number of hydrogen-bond acceptors (Lipinski definition) is 6. The molecule has 3 heterocycles. The molecule has 2 aromatic rings. The fraction of sp³-hybridized carbons (Fsp3) is 0.385. The number of sulfone groups is 1. The van der Waals surface area contributed by atoms with Crippen LogP contribution in [0.1, 0.15) is 35.9 Å². The average molecular weight is 321 g/mol. The molecule has 8 nitrogen and oxygen atoms in total. The van der Waals surface area contributed by atoms with Crippen LogP contribution in [-0.2, 0) is 9.84 Å². The quantitative estimate of drug-likeness (QED) is 0.871. The standard InChI is InChI=1S/C13H15N5O3S/c1-8(2)11-5-10(17-13-14-7-15-18(11)13)12(19)16-9-3-4-22(20,21)6-9/h3-5,7-9H,6H2,1-2H3,(H,16,19). The van der Waals surface area contributed by atoms with E-state index in [0.717, 1.165) is 11.1 Å². The van der Waals surface area contributed by atoms with Crippen molar-refractivity contribution in [1.82, 2.24) is 24.9 Å². The highest BCUT2D eigenvalue weighted by atomic mass is 32.2. The van der Waals surface area contributed by atoms with Crippen molar-refractivity contribution in [3.63, 3.8) is 0 Å². The van der Waals surface area contributed by atoms with Gasteiger partial charge in [0.15, 0.2) is 9.84 Å². The van der Waals surface area contributed by atoms with E-state index in [2.05, 4.69) is 20.4 Å². The van der Waals surface area contributed by atoms with Gasteiger partial charge in [0.2, 0.25) is 0 Å². The van der Waals surface area contributed by atoms with Crippen molar-refractivity contribution in [2.75, 3.05) is 5.75 Å². The summed E-state index contributed by atoms with van der Waals surface area (Å²) in [5.41, 5.74) is 1.00. The first-order valence-corrected chi connectivity index (χ1v) is 8.50. The SMILES string of the molecule is CC(C)c1cc(C(=O)NC2C=CS(=O)(=O)C2)nc2ncnn12. The topological polar surface area (TPSA) is 106 Å². The molecule has 9 heteroatoms. The number of rotatable bonds is 3. The molecule has 0 fully saturated rings. The maximum atomic E-state index is 12.3. The summed E-state index contributed by atoms with van der Waals surface area (Å²) in [5, 5.41) is 7.85. The Labute approximate surface area is 127 Å². The number of carbonyl (C=O) groups is 1. The average Bonchev–Trinajstić information content (AvgIpc) is 3.03. The third kappa shape index (κ3) is 2.71. The molecular formula is C13H15N5O3S. The zero-order valence-corrected chi connectivity index (χ0v) is 12.9. The molecule has 1 aliphatic rings. The first-order valence-electron chi connectivity index (χ1n) is 6.78. The van der Waals surface area contributed by atoms with E-state index in [4.69, 9.17) is 0 Å². The summed E-state index contributed by atoms with van der Waals surface area (Å²) in [6, 6.07) is 1.12. The number of nitrogens with zero attached hydrogens (tertiary/aromatic N) is 4. The van der Waals surface area contributed by atoms with E-state index < -0.39 is 21.8 Å². The summed E-state index contributed by atoms with van der Waals surface area (Å²) in [4.78, 5) is 20.5. The summed E-state index contributed by atoms with van der Waals surface area (Å²) in [6.07, 6.45) is 2.84. The molecule has 3 rings (SSSR count). The number of hydrogen-bond donors (Lipinski definition) is 1. The van der Waals surface area contributed by atoms with Crippen LogP contribution in [0.2, 0.25) is 0 Å². The second-order valence-electron chi connectivity index (χ2n) is 5.43. The maximum Gasteiger partial charge on any atom is 0.270 e. The fourth-order valence-electron chi connectivity index (χ4n) is 2.27. The molecule has 22 heavy (non-hydrogen) atoms. The highest BCUT2D eigenvalue weighted by Crippen LogP contribution is 2.16. The predicted molar refractivity (Wildman–Crippen MR) is 79.1 cm³/mol. The van der Waals surface area contributed by atoms with Crippen molar-refractivity contribution < 1.29 is 13.2 Å². The van der Waals surface area contributed by atoms with Crippen LogP contribution < -0.4 is 5.32 Å². The van der Waals surface area contributed by atoms with Gasteiger partial charge in [-0.15, -0.1) is 0 Å². The number of nitrogens with one attached hydrogen (secondary N) is 1. The van der Waals surface area contributed by atoms with E-state index in [1.807, 2.05) is 13.8 Å². The molecule has 1 atom stereocenters. The van der Waals surface area contributed by atoms with Gasteiger partial charge in [0, 0.05) is 5.41 Å². The largest absolute Gasteiger partial charge is 0.343 e. The number of fused-ring (bicyclic) bond motifs is 1. The van der Waals surface area contributed by atoms with E-state index in [1.165, 1.54) is 12.4 Å². The Morgan fingerprint density at radius 2 is 2.23 bits per heavy atom. The Morgan fingerprint density at radius 3 is 2.86 bits per heavy atom. The summed E-state index contributed by atoms with van der Waals surface area (Å²) >= 11 is 0. The van der Waals surface area contributed by atoms with Crippen molar-refractivity contribution in [3.8, 4) is 0 Å². The van der Waals surface area contributed by atoms with Crippen LogP contribution in [0.4, 0.5) is 0 Å². The first-order chi connectivity index (χ1) is 10.4. The third-order valence-electron chi connectivity index (χ3n) is 3.35. The van der Waals surface area contributed by atoms with Crippen LogP contribution in [0, 0.1) is 0 Å². The van der Waals surface area contributed by atoms with Gasteiger partial charge in [-0.25, -0.2) is 17.9 Å². The molecule has 1 unspecified atom stereocenters. The first kappa shape index (κ1) is 14.6. The number of carbonyl (C=O) groups excluding carboxylic acids is 1. The van der Waals surface area contributed by atoms with Crippen LogP contribution in [0.3, 0.4) is 0 Å². The second kappa shape index (κ2) is 5.16. The molecule has 0 aliphatic carbocycles. The van der Waals surface area contributed by atoms with Gasteiger partial charge in [0.05, 0.1) is 17.5 Å². The van der Waals surface area contributed by atoms with E-state index in [0.29, 0.717) is 5.78 Å². The summed E-state index contributed by atoms with van der Waals surface area (Å²) in [5.74, 6) is -0.0845. The highest BCUT2D eigenvalue weighted by molar-refractivity contribution is 7.94. The monoisotopic (exact) mass is 321 g/mol. The van der Waals surface area contributed by atoms with Crippen LogP contribution >= 0.6 is 0 Å². The lowest BCUT2D eigenvalue weighted by molar-refractivity contribution is 0.0942. The molecule has 2 aromatic heterocycles. The van der Waals surface area contributed by atoms with Gasteiger partial charge in [0.1, 0.15) is 12.0 Å². The molecule has 116 valence electrons. The van der Waals surface area contributed by atoms with Gasteiger partial charge in [-0.05, 0) is 18.1 Å². The molecule has 1 amide bonds. The fourth-order valence-corrected chi connectivity index (χ4v) is 3.51. The summed E-state index contributed by atoms with van der Waals surface area (Å²) in [6.45, 7) is 3.95. The van der Waals surface area contributed by atoms with Crippen LogP contribution in [0.5, 0.6) is 0 Å². The lowest BCUT2D eigenvalue weighted by Crippen LogP contribution is -2.36. The zero-order chi connectivity index (χ0) is 15.9. The van der Waals surface area contributed by atoms with Crippen molar-refractivity contribution in [2.45, 2.75) is 25.8 Å². The van der Waals surface area contributed by atoms with E-state index in [1.54, 1.807) is 10.6 Å². The van der Waals surface area contributed by atoms with Crippen molar-refractivity contribution in [1.29, 1.82) is 0 Å². The van der Waals surface area contributed by atoms with Crippen molar-refractivity contribution in [3.05, 3.63) is 35.3 Å². The minimum atomic E-state index is -3.21. The number of amides is 1. The van der Waals surface area contributed by atoms with E-state index >= 15 is 0 Å². The van der Waals surface area contributed by atoms with Crippen LogP contribution in [0.15, 0.2) is 23.9 Å². The van der Waals surface area contributed by atoms with E-state index in [9.17, 15) is 13.2 Å². The van der Waals surface area contributed by atoms with E-state index in [-0.39, 0.29) is 17.4 Å².